The number of hydrogen-bond acceptors (Lipinski definition) is 0. The Hall–Kier alpha value is -0.300. The summed E-state index contributed by atoms with van der Waals surface area (Å²) in [6.07, 6.45) is -3.04. The first kappa shape index (κ1) is 7.80. The minimum atomic E-state index is -4.16. The Balaban J connectivity index is 2.91. The van der Waals surface area contributed by atoms with Crippen molar-refractivity contribution in [3.63, 3.8) is 0 Å². The molecule has 0 spiro atoms. The average molecular weight is 165 g/mol. The third-order valence-corrected chi connectivity index (χ3v) is 2.13. The third kappa shape index (κ3) is 1.40. The van der Waals surface area contributed by atoms with E-state index in [1.54, 1.807) is 0 Å². The van der Waals surface area contributed by atoms with Crippen LogP contribution < -0.4 is 0 Å². The molecule has 0 fully saturated rings. The van der Waals surface area contributed by atoms with Crippen LogP contribution in [0.2, 0.25) is 0 Å². The highest BCUT2D eigenvalue weighted by Crippen LogP contribution is 2.42. The highest BCUT2D eigenvalue weighted by Gasteiger charge is 2.34. The Labute approximate surface area is 58.6 Å². The summed E-state index contributed by atoms with van der Waals surface area (Å²) < 4.78 is 35.7. The number of alkyl halides is 3. The summed E-state index contributed by atoms with van der Waals surface area (Å²) >= 11 is 0. The Morgan fingerprint density at radius 1 is 1.40 bits per heavy atom. The van der Waals surface area contributed by atoms with Gasteiger partial charge in [-0.05, 0) is 26.9 Å². The molecule has 0 atom stereocenters. The zero-order valence-electron chi connectivity index (χ0n) is 5.24. The van der Waals surface area contributed by atoms with Crippen LogP contribution in [-0.2, 0) is 0 Å². The minimum Gasteiger partial charge on any atom is -0.166 e. The van der Waals surface area contributed by atoms with E-state index < -0.39 is 11.7 Å². The summed E-state index contributed by atoms with van der Waals surface area (Å²) in [7, 11) is 0.663. The highest BCUT2D eigenvalue weighted by atomic mass is 31.1. The van der Waals surface area contributed by atoms with E-state index in [0.717, 1.165) is 6.08 Å². The Morgan fingerprint density at radius 2 is 2.00 bits per heavy atom. The molecule has 0 aromatic carbocycles. The number of allylic oxidation sites excluding steroid dienone is 3. The quantitative estimate of drug-likeness (QED) is 0.483. The second-order valence-electron chi connectivity index (χ2n) is 1.94. The van der Waals surface area contributed by atoms with E-state index in [1.165, 1.54) is 12.7 Å². The molecule has 55 valence electrons. The van der Waals surface area contributed by atoms with Crippen LogP contribution in [0.5, 0.6) is 0 Å². The predicted octanol–water partition coefficient (Wildman–Crippen LogP) is 3.30. The Morgan fingerprint density at radius 3 is 2.20 bits per heavy atom. The van der Waals surface area contributed by atoms with Gasteiger partial charge in [0.25, 0.3) is 0 Å². The molecule has 1 rings (SSSR count). The number of rotatable bonds is 0. The summed E-state index contributed by atoms with van der Waals surface area (Å²) in [5, 5.41) is 0.382. The topological polar surface area (TPSA) is 0 Å². The van der Waals surface area contributed by atoms with Gasteiger partial charge in [0.05, 0.1) is 5.57 Å². The lowest BCUT2D eigenvalue weighted by molar-refractivity contribution is -0.0883. The van der Waals surface area contributed by atoms with Gasteiger partial charge in [0.15, 0.2) is 0 Å². The summed E-state index contributed by atoms with van der Waals surface area (Å²) in [4.78, 5) is 0. The maximum Gasteiger partial charge on any atom is 0.416 e. The van der Waals surface area contributed by atoms with E-state index in [2.05, 4.69) is 0 Å². The first-order valence-electron chi connectivity index (χ1n) is 2.67. The fourth-order valence-electron chi connectivity index (χ4n) is 0.713. The van der Waals surface area contributed by atoms with Gasteiger partial charge in [-0.15, -0.1) is 0 Å². The summed E-state index contributed by atoms with van der Waals surface area (Å²) in [6.45, 7) is 1.49. The van der Waals surface area contributed by atoms with Crippen molar-refractivity contribution in [1.29, 1.82) is 0 Å². The molecule has 10 heavy (non-hydrogen) atoms. The molecule has 0 N–H and O–H groups in total. The van der Waals surface area contributed by atoms with Crippen molar-refractivity contribution in [2.45, 2.75) is 13.1 Å². The van der Waals surface area contributed by atoms with Crippen molar-refractivity contribution in [1.82, 2.24) is 0 Å². The van der Waals surface area contributed by atoms with Gasteiger partial charge in [0.2, 0.25) is 0 Å². The normalized spacial score (nSPS) is 21.2. The first-order valence-corrected chi connectivity index (χ1v) is 3.63. The van der Waals surface area contributed by atoms with Crippen molar-refractivity contribution >= 4 is 8.58 Å². The molecule has 1 aliphatic heterocycles. The van der Waals surface area contributed by atoms with Crippen LogP contribution in [0.4, 0.5) is 13.2 Å². The van der Waals surface area contributed by atoms with E-state index >= 15 is 0 Å². The molecule has 0 saturated heterocycles. The molecule has 1 heterocycles. The maximum absolute atomic E-state index is 11.9. The van der Waals surface area contributed by atoms with Crippen LogP contribution in [0.15, 0.2) is 22.8 Å². The standard InChI is InChI=1S/C6H5F3P/c1-4-5(2-3-10-4)6(7,8)9/h2-3H,1H3. The molecule has 0 aliphatic carbocycles. The maximum atomic E-state index is 11.9. The van der Waals surface area contributed by atoms with Gasteiger partial charge in [-0.3, -0.25) is 0 Å². The van der Waals surface area contributed by atoms with Crippen LogP contribution in [0.25, 0.3) is 0 Å². The van der Waals surface area contributed by atoms with Crippen LogP contribution in [0.1, 0.15) is 6.92 Å². The van der Waals surface area contributed by atoms with E-state index in [1.807, 2.05) is 0 Å². The van der Waals surface area contributed by atoms with Crippen LogP contribution in [0, 0.1) is 0 Å². The summed E-state index contributed by atoms with van der Waals surface area (Å²) in [5.41, 5.74) is -0.492. The van der Waals surface area contributed by atoms with E-state index in [-0.39, 0.29) is 0 Å². The smallest absolute Gasteiger partial charge is 0.166 e. The summed E-state index contributed by atoms with van der Waals surface area (Å²) in [6, 6.07) is 0. The molecular formula is C6H5F3P. The van der Waals surface area contributed by atoms with E-state index in [4.69, 9.17) is 0 Å². The molecule has 4 heteroatoms. The van der Waals surface area contributed by atoms with Crippen LogP contribution in [-0.4, -0.2) is 6.18 Å². The van der Waals surface area contributed by atoms with Crippen molar-refractivity contribution < 1.29 is 13.2 Å². The van der Waals surface area contributed by atoms with Gasteiger partial charge in [-0.25, -0.2) is 0 Å². The second-order valence-corrected chi connectivity index (χ2v) is 3.17. The van der Waals surface area contributed by atoms with Gasteiger partial charge in [-0.1, -0.05) is 5.82 Å². The SMILES string of the molecule is CC1=C(C(F)(F)F)C=C[P]1. The minimum absolute atomic E-state index is 0.382. The van der Waals surface area contributed by atoms with Gasteiger partial charge in [0.1, 0.15) is 0 Å². The molecule has 0 nitrogen and oxygen atoms in total. The van der Waals surface area contributed by atoms with Gasteiger partial charge >= 0.3 is 6.18 Å². The zero-order valence-corrected chi connectivity index (χ0v) is 6.13. The van der Waals surface area contributed by atoms with Gasteiger partial charge in [0, 0.05) is 0 Å². The van der Waals surface area contributed by atoms with Crippen molar-refractivity contribution in [2.75, 3.05) is 0 Å². The molecule has 0 amide bonds. The van der Waals surface area contributed by atoms with Gasteiger partial charge in [-0.2, -0.15) is 13.2 Å². The van der Waals surface area contributed by atoms with Gasteiger partial charge < -0.3 is 0 Å². The first-order chi connectivity index (χ1) is 4.52. The van der Waals surface area contributed by atoms with Crippen LogP contribution >= 0.6 is 8.58 Å². The van der Waals surface area contributed by atoms with E-state index in [9.17, 15) is 13.2 Å². The molecule has 0 aromatic heterocycles. The third-order valence-electron chi connectivity index (χ3n) is 1.20. The molecular weight excluding hydrogens is 160 g/mol. The molecule has 0 unspecified atom stereocenters. The van der Waals surface area contributed by atoms with Crippen molar-refractivity contribution in [3.8, 4) is 0 Å². The predicted molar refractivity (Wildman–Crippen MR) is 34.8 cm³/mol. The Bertz CT molecular complexity index is 200. The van der Waals surface area contributed by atoms with Crippen molar-refractivity contribution in [3.05, 3.63) is 22.8 Å². The average Bonchev–Trinajstić information content (AvgIpc) is 2.11. The highest BCUT2D eigenvalue weighted by molar-refractivity contribution is 7.47. The monoisotopic (exact) mass is 165 g/mol. The molecule has 1 aliphatic rings. The largest absolute Gasteiger partial charge is 0.416 e. The lowest BCUT2D eigenvalue weighted by atomic mass is 10.2. The molecule has 0 bridgehead atoms. The van der Waals surface area contributed by atoms with Crippen molar-refractivity contribution in [2.24, 2.45) is 0 Å². The zero-order chi connectivity index (χ0) is 7.78. The van der Waals surface area contributed by atoms with Crippen LogP contribution in [0.3, 0.4) is 0 Å². The second kappa shape index (κ2) is 2.39. The number of halogens is 3. The van der Waals surface area contributed by atoms with E-state index in [0.29, 0.717) is 13.9 Å². The molecule has 1 radical (unpaired) electrons. The lowest BCUT2D eigenvalue weighted by Gasteiger charge is -2.05. The molecule has 0 saturated carbocycles. The molecule has 0 aromatic rings. The lowest BCUT2D eigenvalue weighted by Crippen LogP contribution is -2.09. The summed E-state index contributed by atoms with van der Waals surface area (Å²) in [5.74, 6) is 1.50. The fraction of sp³-hybridized carbons (Fsp3) is 0.333. The fourth-order valence-corrected chi connectivity index (χ4v) is 1.50. The number of hydrogen-bond donors (Lipinski definition) is 0. The Kier molecular flexibility index (Phi) is 1.86.